The van der Waals surface area contributed by atoms with Crippen LogP contribution in [-0.2, 0) is 11.2 Å². The van der Waals surface area contributed by atoms with Gasteiger partial charge in [0.1, 0.15) is 17.7 Å². The van der Waals surface area contributed by atoms with Gasteiger partial charge < -0.3 is 15.6 Å². The van der Waals surface area contributed by atoms with E-state index in [0.717, 1.165) is 6.07 Å². The second-order valence-electron chi connectivity index (χ2n) is 3.57. The maximum atomic E-state index is 13.3. The molecular formula is C12H14FNO3. The predicted molar refractivity (Wildman–Crippen MR) is 61.0 cm³/mol. The summed E-state index contributed by atoms with van der Waals surface area (Å²) in [6, 6.07) is 2.31. The van der Waals surface area contributed by atoms with E-state index in [-0.39, 0.29) is 11.3 Å². The molecule has 1 unspecified atom stereocenters. The number of nitrogens with two attached hydrogens (primary N) is 1. The first kappa shape index (κ1) is 13.0. The second kappa shape index (κ2) is 5.34. The summed E-state index contributed by atoms with van der Waals surface area (Å²) in [4.78, 5) is 10.6. The van der Waals surface area contributed by atoms with Crippen LogP contribution in [0.25, 0.3) is 0 Å². The Hall–Kier alpha value is -2.04. The number of allylic oxidation sites excluding steroid dienone is 1. The molecule has 0 bridgehead atoms. The number of halogens is 1. The molecule has 1 rings (SSSR count). The van der Waals surface area contributed by atoms with E-state index >= 15 is 0 Å². The van der Waals surface area contributed by atoms with Crippen LogP contribution in [0.3, 0.4) is 0 Å². The van der Waals surface area contributed by atoms with E-state index in [1.807, 2.05) is 0 Å². The first-order chi connectivity index (χ1) is 7.95. The van der Waals surface area contributed by atoms with Crippen molar-refractivity contribution in [2.24, 2.45) is 5.73 Å². The molecule has 17 heavy (non-hydrogen) atoms. The molecule has 1 atom stereocenters. The molecule has 0 aliphatic heterocycles. The minimum atomic E-state index is -0.980. The van der Waals surface area contributed by atoms with Gasteiger partial charge in [0.05, 0.1) is 0 Å². The summed E-state index contributed by atoms with van der Waals surface area (Å²) < 4.78 is 18.0. The molecule has 0 aromatic heterocycles. The normalized spacial score (nSPS) is 11.9. The number of ether oxygens (including phenoxy) is 1. The highest BCUT2D eigenvalue weighted by atomic mass is 19.1. The van der Waals surface area contributed by atoms with E-state index in [1.54, 1.807) is 0 Å². The maximum Gasteiger partial charge on any atom is 0.405 e. The minimum absolute atomic E-state index is 0.111. The average molecular weight is 239 g/mol. The summed E-state index contributed by atoms with van der Waals surface area (Å²) >= 11 is 0. The molecule has 5 heteroatoms. The van der Waals surface area contributed by atoms with Crippen molar-refractivity contribution in [3.63, 3.8) is 0 Å². The molecule has 0 aliphatic rings. The molecular weight excluding hydrogens is 225 g/mol. The van der Waals surface area contributed by atoms with Crippen molar-refractivity contribution in [3.05, 3.63) is 41.7 Å². The van der Waals surface area contributed by atoms with Gasteiger partial charge in [-0.3, -0.25) is 0 Å². The lowest BCUT2D eigenvalue weighted by molar-refractivity contribution is 0.115. The molecule has 4 nitrogen and oxygen atoms in total. The molecule has 1 aromatic rings. The Bertz CT molecular complexity index is 446. The molecule has 3 N–H and O–H groups in total. The average Bonchev–Trinajstić information content (AvgIpc) is 2.22. The van der Waals surface area contributed by atoms with Crippen LogP contribution in [0.4, 0.5) is 9.18 Å². The van der Waals surface area contributed by atoms with Crippen LogP contribution in [0.15, 0.2) is 24.8 Å². The molecule has 92 valence electrons. The highest BCUT2D eigenvalue weighted by molar-refractivity contribution is 5.65. The molecule has 0 saturated carbocycles. The van der Waals surface area contributed by atoms with Gasteiger partial charge in [-0.25, -0.2) is 9.18 Å². The number of aromatic hydroxyl groups is 1. The maximum absolute atomic E-state index is 13.3. The number of primary amides is 1. The molecule has 0 fully saturated rings. The molecule has 0 spiro atoms. The van der Waals surface area contributed by atoms with Gasteiger partial charge in [0, 0.05) is 11.1 Å². The standard InChI is InChI=1S/C12H14FNO3/c1-3-4-8-5-9(13)6-10(11(8)15)7(2)17-12(14)16/h3,5-7,15H,1,4H2,2H3,(H2,14,16). The number of carbonyl (C=O) groups excluding carboxylic acids is 1. The Labute approximate surface area is 98.5 Å². The Morgan fingerprint density at radius 3 is 2.88 bits per heavy atom. The van der Waals surface area contributed by atoms with Gasteiger partial charge in [0.2, 0.25) is 0 Å². The topological polar surface area (TPSA) is 72.5 Å². The Morgan fingerprint density at radius 2 is 2.35 bits per heavy atom. The van der Waals surface area contributed by atoms with Crippen LogP contribution in [0.5, 0.6) is 5.75 Å². The smallest absolute Gasteiger partial charge is 0.405 e. The Morgan fingerprint density at radius 1 is 1.71 bits per heavy atom. The van der Waals surface area contributed by atoms with Crippen molar-refractivity contribution in [2.45, 2.75) is 19.4 Å². The number of hydrogen-bond donors (Lipinski definition) is 2. The van der Waals surface area contributed by atoms with Gasteiger partial charge >= 0.3 is 6.09 Å². The van der Waals surface area contributed by atoms with E-state index < -0.39 is 18.0 Å². The van der Waals surface area contributed by atoms with Crippen LogP contribution in [-0.4, -0.2) is 11.2 Å². The van der Waals surface area contributed by atoms with Crippen molar-refractivity contribution in [3.8, 4) is 5.75 Å². The summed E-state index contributed by atoms with van der Waals surface area (Å²) in [5, 5.41) is 9.88. The predicted octanol–water partition coefficient (Wildman–Crippen LogP) is 2.42. The molecule has 0 heterocycles. The minimum Gasteiger partial charge on any atom is -0.507 e. The van der Waals surface area contributed by atoms with Crippen LogP contribution in [0, 0.1) is 5.82 Å². The SMILES string of the molecule is C=CCc1cc(F)cc(C(C)OC(N)=O)c1O. The number of amides is 1. The van der Waals surface area contributed by atoms with Gasteiger partial charge in [0.15, 0.2) is 0 Å². The first-order valence-electron chi connectivity index (χ1n) is 5.04. The lowest BCUT2D eigenvalue weighted by atomic mass is 10.0. The van der Waals surface area contributed by atoms with Crippen LogP contribution >= 0.6 is 0 Å². The van der Waals surface area contributed by atoms with Crippen LogP contribution < -0.4 is 5.73 Å². The van der Waals surface area contributed by atoms with Crippen molar-refractivity contribution in [1.29, 1.82) is 0 Å². The number of phenolic OH excluding ortho intramolecular Hbond substituents is 1. The Kier molecular flexibility index (Phi) is 4.09. The largest absolute Gasteiger partial charge is 0.507 e. The third-order valence-electron chi connectivity index (χ3n) is 2.28. The van der Waals surface area contributed by atoms with Gasteiger partial charge in [-0.05, 0) is 25.5 Å². The quantitative estimate of drug-likeness (QED) is 0.792. The lowest BCUT2D eigenvalue weighted by Gasteiger charge is -2.15. The van der Waals surface area contributed by atoms with E-state index in [9.17, 15) is 14.3 Å². The lowest BCUT2D eigenvalue weighted by Crippen LogP contribution is -2.16. The fraction of sp³-hybridized carbons (Fsp3) is 0.250. The van der Waals surface area contributed by atoms with Crippen molar-refractivity contribution < 1.29 is 19.0 Å². The summed E-state index contributed by atoms with van der Waals surface area (Å²) in [7, 11) is 0. The summed E-state index contributed by atoms with van der Waals surface area (Å²) in [5.41, 5.74) is 5.43. The van der Waals surface area contributed by atoms with Gasteiger partial charge in [0.25, 0.3) is 0 Å². The highest BCUT2D eigenvalue weighted by Gasteiger charge is 2.17. The number of benzene rings is 1. The summed E-state index contributed by atoms with van der Waals surface area (Å²) in [6.07, 6.45) is 0.0656. The highest BCUT2D eigenvalue weighted by Crippen LogP contribution is 2.31. The van der Waals surface area contributed by atoms with E-state index in [0.29, 0.717) is 12.0 Å². The zero-order valence-electron chi connectivity index (χ0n) is 9.44. The molecule has 0 aliphatic carbocycles. The molecule has 0 saturated heterocycles. The zero-order chi connectivity index (χ0) is 13.0. The van der Waals surface area contributed by atoms with E-state index in [2.05, 4.69) is 6.58 Å². The summed E-state index contributed by atoms with van der Waals surface area (Å²) in [5.74, 6) is -0.630. The molecule has 1 amide bonds. The second-order valence-corrected chi connectivity index (χ2v) is 3.57. The van der Waals surface area contributed by atoms with Crippen molar-refractivity contribution in [2.75, 3.05) is 0 Å². The molecule has 0 radical (unpaired) electrons. The third kappa shape index (κ3) is 3.21. The van der Waals surface area contributed by atoms with Crippen molar-refractivity contribution in [1.82, 2.24) is 0 Å². The van der Waals surface area contributed by atoms with E-state index in [4.69, 9.17) is 10.5 Å². The summed E-state index contributed by atoms with van der Waals surface area (Å²) in [6.45, 7) is 5.01. The monoisotopic (exact) mass is 239 g/mol. The first-order valence-corrected chi connectivity index (χ1v) is 5.04. The number of rotatable bonds is 4. The fourth-order valence-electron chi connectivity index (χ4n) is 1.54. The fourth-order valence-corrected chi connectivity index (χ4v) is 1.54. The zero-order valence-corrected chi connectivity index (χ0v) is 9.44. The van der Waals surface area contributed by atoms with Gasteiger partial charge in [-0.1, -0.05) is 6.08 Å². The van der Waals surface area contributed by atoms with E-state index in [1.165, 1.54) is 19.1 Å². The third-order valence-corrected chi connectivity index (χ3v) is 2.28. The molecule has 1 aromatic carbocycles. The number of hydrogen-bond acceptors (Lipinski definition) is 3. The van der Waals surface area contributed by atoms with Gasteiger partial charge in [-0.15, -0.1) is 6.58 Å². The number of carbonyl (C=O) groups is 1. The van der Waals surface area contributed by atoms with Crippen LogP contribution in [0.2, 0.25) is 0 Å². The number of phenols is 1. The van der Waals surface area contributed by atoms with Crippen LogP contribution in [0.1, 0.15) is 24.2 Å². The van der Waals surface area contributed by atoms with Crippen molar-refractivity contribution >= 4 is 6.09 Å². The van der Waals surface area contributed by atoms with Gasteiger partial charge in [-0.2, -0.15) is 0 Å². The Balaban J connectivity index is 3.14.